The van der Waals surface area contributed by atoms with Gasteiger partial charge in [-0.3, -0.25) is 4.79 Å². The zero-order valence-electron chi connectivity index (χ0n) is 13.2. The highest BCUT2D eigenvalue weighted by molar-refractivity contribution is 5.94. The van der Waals surface area contributed by atoms with Crippen LogP contribution in [0.3, 0.4) is 0 Å². The molecular formula is C16H22N4O3. The van der Waals surface area contributed by atoms with Crippen molar-refractivity contribution in [2.75, 3.05) is 0 Å². The van der Waals surface area contributed by atoms with Gasteiger partial charge in [-0.2, -0.15) is 4.98 Å². The van der Waals surface area contributed by atoms with E-state index in [1.165, 1.54) is 25.5 Å². The third-order valence-electron chi connectivity index (χ3n) is 4.26. The van der Waals surface area contributed by atoms with Crippen molar-refractivity contribution in [3.8, 4) is 0 Å². The van der Waals surface area contributed by atoms with Gasteiger partial charge < -0.3 is 20.0 Å². The van der Waals surface area contributed by atoms with Gasteiger partial charge in [0.1, 0.15) is 18.1 Å². The minimum absolute atomic E-state index is 0.252. The summed E-state index contributed by atoms with van der Waals surface area (Å²) in [6.07, 6.45) is 7.32. The lowest BCUT2D eigenvalue weighted by Gasteiger charge is -2.17. The second-order valence-electron chi connectivity index (χ2n) is 6.03. The number of rotatable bonds is 5. The summed E-state index contributed by atoms with van der Waals surface area (Å²) in [7, 11) is 0. The smallest absolute Gasteiger partial charge is 0.255 e. The van der Waals surface area contributed by atoms with Crippen molar-refractivity contribution >= 4 is 5.91 Å². The fourth-order valence-electron chi connectivity index (χ4n) is 2.90. The van der Waals surface area contributed by atoms with Crippen molar-refractivity contribution in [2.45, 2.75) is 57.5 Å². The van der Waals surface area contributed by atoms with Gasteiger partial charge in [-0.05, 0) is 25.8 Å². The molecule has 0 aromatic carbocycles. The monoisotopic (exact) mass is 318 g/mol. The molecule has 1 amide bonds. The number of carbonyl (C=O) groups excluding carboxylic acids is 1. The zero-order valence-corrected chi connectivity index (χ0v) is 13.2. The van der Waals surface area contributed by atoms with E-state index >= 15 is 0 Å². The van der Waals surface area contributed by atoms with E-state index in [9.17, 15) is 4.79 Å². The molecule has 0 radical (unpaired) electrons. The van der Waals surface area contributed by atoms with Crippen LogP contribution in [0.15, 0.2) is 21.3 Å². The summed E-state index contributed by atoms with van der Waals surface area (Å²) in [5.74, 6) is 1.89. The number of nitrogens with one attached hydrogen (secondary N) is 1. The van der Waals surface area contributed by atoms with E-state index in [0.29, 0.717) is 23.1 Å². The van der Waals surface area contributed by atoms with Crippen LogP contribution in [0.25, 0.3) is 0 Å². The van der Waals surface area contributed by atoms with E-state index < -0.39 is 0 Å². The summed E-state index contributed by atoms with van der Waals surface area (Å²) in [6.45, 7) is 2.08. The Kier molecular flexibility index (Phi) is 4.76. The molecular weight excluding hydrogens is 296 g/mol. The maximum absolute atomic E-state index is 12.2. The molecule has 1 unspecified atom stereocenters. The topological polar surface area (TPSA) is 107 Å². The number of nitrogens with zero attached hydrogens (tertiary/aromatic N) is 2. The second-order valence-corrected chi connectivity index (χ2v) is 6.03. The lowest BCUT2D eigenvalue weighted by Crippen LogP contribution is -2.26. The molecule has 1 aliphatic carbocycles. The number of furan rings is 1. The predicted molar refractivity (Wildman–Crippen MR) is 82.6 cm³/mol. The molecule has 23 heavy (non-hydrogen) atoms. The molecule has 2 heterocycles. The van der Waals surface area contributed by atoms with Crippen molar-refractivity contribution in [1.82, 2.24) is 15.5 Å². The van der Waals surface area contributed by atoms with Crippen LogP contribution < -0.4 is 11.1 Å². The summed E-state index contributed by atoms with van der Waals surface area (Å²) in [4.78, 5) is 16.6. The first-order valence-electron chi connectivity index (χ1n) is 8.09. The van der Waals surface area contributed by atoms with Crippen LogP contribution in [0, 0.1) is 0 Å². The Balaban J connectivity index is 1.62. The summed E-state index contributed by atoms with van der Waals surface area (Å²) in [5.41, 5.74) is 5.91. The largest absolute Gasteiger partial charge is 0.467 e. The summed E-state index contributed by atoms with van der Waals surface area (Å²) in [5, 5.41) is 6.92. The van der Waals surface area contributed by atoms with Crippen molar-refractivity contribution < 1.29 is 13.7 Å². The Morgan fingerprint density at radius 2 is 2.22 bits per heavy atom. The molecule has 0 bridgehead atoms. The van der Waals surface area contributed by atoms with Crippen molar-refractivity contribution in [3.05, 3.63) is 35.4 Å². The molecule has 1 aliphatic rings. The fourth-order valence-corrected chi connectivity index (χ4v) is 2.90. The van der Waals surface area contributed by atoms with E-state index in [0.717, 1.165) is 18.7 Å². The molecule has 0 aliphatic heterocycles. The normalized spacial score (nSPS) is 17.1. The number of carbonyl (C=O) groups is 1. The third kappa shape index (κ3) is 3.61. The van der Waals surface area contributed by atoms with Crippen LogP contribution in [0.2, 0.25) is 0 Å². The molecule has 1 fully saturated rings. The molecule has 1 atom stereocenters. The highest BCUT2D eigenvalue weighted by atomic mass is 16.5. The Labute approximate surface area is 134 Å². The molecule has 1 saturated carbocycles. The van der Waals surface area contributed by atoms with Crippen LogP contribution in [0.4, 0.5) is 0 Å². The minimum atomic E-state index is -0.358. The Morgan fingerprint density at radius 3 is 2.91 bits per heavy atom. The molecule has 2 aromatic rings. The van der Waals surface area contributed by atoms with Gasteiger partial charge in [0.25, 0.3) is 5.91 Å². The SMILES string of the molecule is CC(NC(=O)c1coc(CN)c1)c1nc(C2CCCCC2)no1. The van der Waals surface area contributed by atoms with E-state index in [-0.39, 0.29) is 18.5 Å². The first kappa shape index (κ1) is 15.7. The number of nitrogens with two attached hydrogens (primary N) is 1. The molecule has 0 saturated heterocycles. The molecule has 3 N–H and O–H groups in total. The first-order valence-corrected chi connectivity index (χ1v) is 8.09. The van der Waals surface area contributed by atoms with E-state index in [2.05, 4.69) is 15.5 Å². The predicted octanol–water partition coefficient (Wildman–Crippen LogP) is 2.66. The van der Waals surface area contributed by atoms with Crippen LogP contribution >= 0.6 is 0 Å². The van der Waals surface area contributed by atoms with Gasteiger partial charge in [0.05, 0.1) is 12.1 Å². The van der Waals surface area contributed by atoms with Gasteiger partial charge in [0.15, 0.2) is 5.82 Å². The minimum Gasteiger partial charge on any atom is -0.467 e. The maximum atomic E-state index is 12.2. The summed E-state index contributed by atoms with van der Waals surface area (Å²) < 4.78 is 10.5. The van der Waals surface area contributed by atoms with Crippen LogP contribution in [0.1, 0.15) is 78.8 Å². The van der Waals surface area contributed by atoms with E-state index in [1.54, 1.807) is 6.07 Å². The van der Waals surface area contributed by atoms with Gasteiger partial charge in [0, 0.05) is 5.92 Å². The van der Waals surface area contributed by atoms with E-state index in [4.69, 9.17) is 14.7 Å². The zero-order chi connectivity index (χ0) is 16.2. The standard InChI is InChI=1S/C16H22N4O3/c1-10(18-15(21)12-7-13(8-17)22-9-12)16-19-14(20-23-16)11-5-3-2-4-6-11/h7,9-11H,2-6,8,17H2,1H3,(H,18,21). The fraction of sp³-hybridized carbons (Fsp3) is 0.562. The van der Waals surface area contributed by atoms with Gasteiger partial charge in [-0.25, -0.2) is 0 Å². The molecule has 124 valence electrons. The number of amides is 1. The van der Waals surface area contributed by atoms with Crippen LogP contribution in [-0.4, -0.2) is 16.0 Å². The average molecular weight is 318 g/mol. The summed E-state index contributed by atoms with van der Waals surface area (Å²) >= 11 is 0. The van der Waals surface area contributed by atoms with Gasteiger partial charge in [-0.15, -0.1) is 0 Å². The third-order valence-corrected chi connectivity index (χ3v) is 4.26. The maximum Gasteiger partial charge on any atom is 0.255 e. The Morgan fingerprint density at radius 1 is 1.43 bits per heavy atom. The first-order chi connectivity index (χ1) is 11.2. The summed E-state index contributed by atoms with van der Waals surface area (Å²) in [6, 6.07) is 1.27. The molecule has 7 nitrogen and oxygen atoms in total. The lowest BCUT2D eigenvalue weighted by atomic mass is 9.89. The van der Waals surface area contributed by atoms with Gasteiger partial charge in [-0.1, -0.05) is 24.4 Å². The van der Waals surface area contributed by atoms with Gasteiger partial charge >= 0.3 is 0 Å². The van der Waals surface area contributed by atoms with Crippen molar-refractivity contribution in [3.63, 3.8) is 0 Å². The van der Waals surface area contributed by atoms with Crippen molar-refractivity contribution in [2.24, 2.45) is 5.73 Å². The van der Waals surface area contributed by atoms with Crippen LogP contribution in [0.5, 0.6) is 0 Å². The molecule has 0 spiro atoms. The second kappa shape index (κ2) is 6.95. The Bertz CT molecular complexity index is 658. The number of aromatic nitrogens is 2. The average Bonchev–Trinajstić information content (AvgIpc) is 3.25. The number of hydrogen-bond acceptors (Lipinski definition) is 6. The van der Waals surface area contributed by atoms with E-state index in [1.807, 2.05) is 6.92 Å². The highest BCUT2D eigenvalue weighted by Crippen LogP contribution is 2.31. The quantitative estimate of drug-likeness (QED) is 0.877. The molecule has 7 heteroatoms. The van der Waals surface area contributed by atoms with Gasteiger partial charge in [0.2, 0.25) is 5.89 Å². The number of hydrogen-bond donors (Lipinski definition) is 2. The molecule has 3 rings (SSSR count). The molecule has 2 aromatic heterocycles. The van der Waals surface area contributed by atoms with Crippen LogP contribution in [-0.2, 0) is 6.54 Å². The lowest BCUT2D eigenvalue weighted by molar-refractivity contribution is 0.0932. The highest BCUT2D eigenvalue weighted by Gasteiger charge is 2.23. The Hall–Kier alpha value is -2.15. The van der Waals surface area contributed by atoms with Crippen molar-refractivity contribution in [1.29, 1.82) is 0 Å².